The Morgan fingerprint density at radius 1 is 1.36 bits per heavy atom. The summed E-state index contributed by atoms with van der Waals surface area (Å²) in [5.41, 5.74) is 0.910. The number of rotatable bonds is 5. The maximum atomic E-state index is 11.9. The number of aryl methyl sites for hydroxylation is 1. The Morgan fingerprint density at radius 2 is 2.14 bits per heavy atom. The molecule has 0 aromatic carbocycles. The lowest BCUT2D eigenvalue weighted by Gasteiger charge is -2.33. The highest BCUT2D eigenvalue weighted by molar-refractivity contribution is 7.13. The highest BCUT2D eigenvalue weighted by Gasteiger charge is 2.20. The Balaban J connectivity index is 1.40. The van der Waals surface area contributed by atoms with E-state index in [4.69, 9.17) is 4.52 Å². The molecule has 1 amide bonds. The molecule has 0 aliphatic carbocycles. The van der Waals surface area contributed by atoms with Gasteiger partial charge < -0.3 is 9.84 Å². The first-order valence-corrected chi connectivity index (χ1v) is 8.13. The molecular weight excluding hydrogens is 302 g/mol. The van der Waals surface area contributed by atoms with Crippen molar-refractivity contribution in [3.05, 3.63) is 29.1 Å². The molecule has 3 heterocycles. The van der Waals surface area contributed by atoms with Crippen LogP contribution in [0.4, 0.5) is 5.13 Å². The maximum Gasteiger partial charge on any atom is 0.240 e. The van der Waals surface area contributed by atoms with Gasteiger partial charge in [-0.15, -0.1) is 11.3 Å². The zero-order valence-corrected chi connectivity index (χ0v) is 13.3. The number of amides is 1. The molecule has 0 atom stereocenters. The molecule has 1 aliphatic heterocycles. The molecular formula is C14H19N5O2S. The smallest absolute Gasteiger partial charge is 0.240 e. The van der Waals surface area contributed by atoms with Gasteiger partial charge in [-0.25, -0.2) is 4.98 Å². The van der Waals surface area contributed by atoms with Gasteiger partial charge in [-0.3, -0.25) is 14.6 Å². The normalized spacial score (nSPS) is 16.8. The van der Waals surface area contributed by atoms with E-state index < -0.39 is 0 Å². The zero-order chi connectivity index (χ0) is 15.4. The minimum Gasteiger partial charge on any atom is -0.360 e. The van der Waals surface area contributed by atoms with Gasteiger partial charge in [0.15, 0.2) is 10.9 Å². The van der Waals surface area contributed by atoms with Gasteiger partial charge in [0.2, 0.25) is 5.91 Å². The largest absolute Gasteiger partial charge is 0.360 e. The number of nitrogens with one attached hydrogen (secondary N) is 1. The van der Waals surface area contributed by atoms with Gasteiger partial charge in [-0.05, 0) is 6.92 Å². The van der Waals surface area contributed by atoms with Crippen molar-refractivity contribution in [3.8, 4) is 0 Å². The molecule has 118 valence electrons. The van der Waals surface area contributed by atoms with Crippen LogP contribution in [0.15, 0.2) is 22.2 Å². The van der Waals surface area contributed by atoms with Crippen molar-refractivity contribution in [2.75, 3.05) is 38.0 Å². The second kappa shape index (κ2) is 6.99. The van der Waals surface area contributed by atoms with Crippen LogP contribution in [0.3, 0.4) is 0 Å². The lowest BCUT2D eigenvalue weighted by atomic mass is 10.3. The van der Waals surface area contributed by atoms with Gasteiger partial charge in [0, 0.05) is 43.8 Å². The monoisotopic (exact) mass is 321 g/mol. The Hall–Kier alpha value is -1.77. The molecule has 1 fully saturated rings. The molecule has 22 heavy (non-hydrogen) atoms. The third kappa shape index (κ3) is 4.12. The van der Waals surface area contributed by atoms with Gasteiger partial charge in [0.05, 0.1) is 18.8 Å². The second-order valence-electron chi connectivity index (χ2n) is 5.37. The van der Waals surface area contributed by atoms with Gasteiger partial charge >= 0.3 is 0 Å². The lowest BCUT2D eigenvalue weighted by Crippen LogP contribution is -2.48. The van der Waals surface area contributed by atoms with Crippen LogP contribution in [0, 0.1) is 6.92 Å². The SMILES string of the molecule is Cc1cc(CN2CCN(CC(=O)Nc3nccs3)CC2)on1. The molecule has 7 nitrogen and oxygen atoms in total. The fourth-order valence-corrected chi connectivity index (χ4v) is 3.01. The fourth-order valence-electron chi connectivity index (χ4n) is 2.46. The van der Waals surface area contributed by atoms with Crippen LogP contribution in [0.1, 0.15) is 11.5 Å². The van der Waals surface area contributed by atoms with E-state index in [1.54, 1.807) is 6.20 Å². The molecule has 0 bridgehead atoms. The van der Waals surface area contributed by atoms with Crippen LogP contribution in [-0.4, -0.2) is 58.6 Å². The van der Waals surface area contributed by atoms with Crippen molar-refractivity contribution in [2.24, 2.45) is 0 Å². The number of carbonyl (C=O) groups excluding carboxylic acids is 1. The number of hydrogen-bond donors (Lipinski definition) is 1. The van der Waals surface area contributed by atoms with Crippen LogP contribution < -0.4 is 5.32 Å². The van der Waals surface area contributed by atoms with Gasteiger partial charge in [-0.1, -0.05) is 5.16 Å². The summed E-state index contributed by atoms with van der Waals surface area (Å²) in [5.74, 6) is 0.890. The topological polar surface area (TPSA) is 74.5 Å². The molecule has 8 heteroatoms. The van der Waals surface area contributed by atoms with E-state index in [-0.39, 0.29) is 5.91 Å². The first kappa shape index (κ1) is 15.1. The molecule has 1 aliphatic rings. The van der Waals surface area contributed by atoms with Crippen molar-refractivity contribution in [2.45, 2.75) is 13.5 Å². The number of aromatic nitrogens is 2. The Kier molecular flexibility index (Phi) is 4.81. The van der Waals surface area contributed by atoms with Crippen molar-refractivity contribution < 1.29 is 9.32 Å². The number of nitrogens with zero attached hydrogens (tertiary/aromatic N) is 4. The quantitative estimate of drug-likeness (QED) is 0.892. The standard InChI is InChI=1S/C14H19N5O2S/c1-11-8-12(21-17-11)9-18-3-5-19(6-4-18)10-13(20)16-14-15-2-7-22-14/h2,7-8H,3-6,9-10H2,1H3,(H,15,16,20). The maximum absolute atomic E-state index is 11.9. The highest BCUT2D eigenvalue weighted by Crippen LogP contribution is 2.12. The average molecular weight is 321 g/mol. The molecule has 2 aromatic heterocycles. The number of piperazine rings is 1. The van der Waals surface area contributed by atoms with Crippen molar-refractivity contribution in [3.63, 3.8) is 0 Å². The second-order valence-corrected chi connectivity index (χ2v) is 6.27. The Labute approximate surface area is 132 Å². The van der Waals surface area contributed by atoms with Crippen LogP contribution in [-0.2, 0) is 11.3 Å². The molecule has 0 spiro atoms. The summed E-state index contributed by atoms with van der Waals surface area (Å²) in [4.78, 5) is 20.5. The summed E-state index contributed by atoms with van der Waals surface area (Å²) < 4.78 is 5.24. The predicted molar refractivity (Wildman–Crippen MR) is 83.7 cm³/mol. The van der Waals surface area contributed by atoms with E-state index in [1.165, 1.54) is 11.3 Å². The van der Waals surface area contributed by atoms with Crippen LogP contribution >= 0.6 is 11.3 Å². The van der Waals surface area contributed by atoms with Crippen LogP contribution in [0.2, 0.25) is 0 Å². The number of carbonyl (C=O) groups is 1. The molecule has 2 aromatic rings. The minimum absolute atomic E-state index is 0.00532. The summed E-state index contributed by atoms with van der Waals surface area (Å²) in [7, 11) is 0. The zero-order valence-electron chi connectivity index (χ0n) is 12.5. The van der Waals surface area contributed by atoms with E-state index in [1.807, 2.05) is 18.4 Å². The first-order chi connectivity index (χ1) is 10.7. The van der Waals surface area contributed by atoms with E-state index in [0.29, 0.717) is 11.7 Å². The summed E-state index contributed by atoms with van der Waals surface area (Å²) >= 11 is 1.43. The van der Waals surface area contributed by atoms with Crippen molar-refractivity contribution in [1.82, 2.24) is 19.9 Å². The van der Waals surface area contributed by atoms with Crippen molar-refractivity contribution in [1.29, 1.82) is 0 Å². The van der Waals surface area contributed by atoms with E-state index in [2.05, 4.69) is 25.3 Å². The summed E-state index contributed by atoms with van der Waals surface area (Å²) in [5, 5.41) is 9.22. The molecule has 0 radical (unpaired) electrons. The summed E-state index contributed by atoms with van der Waals surface area (Å²) in [6, 6.07) is 1.97. The Morgan fingerprint density at radius 3 is 2.77 bits per heavy atom. The fraction of sp³-hybridized carbons (Fsp3) is 0.500. The molecule has 1 saturated heterocycles. The molecule has 1 N–H and O–H groups in total. The third-order valence-electron chi connectivity index (χ3n) is 3.57. The lowest BCUT2D eigenvalue weighted by molar-refractivity contribution is -0.117. The van der Waals surface area contributed by atoms with E-state index in [0.717, 1.165) is 44.2 Å². The van der Waals surface area contributed by atoms with Gasteiger partial charge in [-0.2, -0.15) is 0 Å². The molecule has 0 unspecified atom stereocenters. The highest BCUT2D eigenvalue weighted by atomic mass is 32.1. The first-order valence-electron chi connectivity index (χ1n) is 7.25. The molecule has 0 saturated carbocycles. The van der Waals surface area contributed by atoms with Crippen LogP contribution in [0.5, 0.6) is 0 Å². The average Bonchev–Trinajstić information content (AvgIpc) is 3.13. The number of anilines is 1. The Bertz CT molecular complexity index is 605. The van der Waals surface area contributed by atoms with Gasteiger partial charge in [0.1, 0.15) is 0 Å². The minimum atomic E-state index is -0.00532. The van der Waals surface area contributed by atoms with Crippen LogP contribution in [0.25, 0.3) is 0 Å². The van der Waals surface area contributed by atoms with E-state index >= 15 is 0 Å². The number of thiazole rings is 1. The van der Waals surface area contributed by atoms with E-state index in [9.17, 15) is 4.79 Å². The summed E-state index contributed by atoms with van der Waals surface area (Å²) in [6.07, 6.45) is 1.68. The van der Waals surface area contributed by atoms with Crippen molar-refractivity contribution >= 4 is 22.4 Å². The van der Waals surface area contributed by atoms with Gasteiger partial charge in [0.25, 0.3) is 0 Å². The summed E-state index contributed by atoms with van der Waals surface area (Å²) in [6.45, 7) is 6.70. The third-order valence-corrected chi connectivity index (χ3v) is 4.26. The number of hydrogen-bond acceptors (Lipinski definition) is 7. The predicted octanol–water partition coefficient (Wildman–Crippen LogP) is 1.20. The molecule has 3 rings (SSSR count).